The van der Waals surface area contributed by atoms with E-state index in [1.165, 1.54) is 5.69 Å². The Morgan fingerprint density at radius 2 is 1.17 bits per heavy atom. The van der Waals surface area contributed by atoms with Crippen molar-refractivity contribution < 1.29 is 9.53 Å². The highest BCUT2D eigenvalue weighted by Crippen LogP contribution is 2.38. The van der Waals surface area contributed by atoms with Gasteiger partial charge in [0.1, 0.15) is 0 Å². The normalized spacial score (nSPS) is 14.8. The first-order valence-electron chi connectivity index (χ1n) is 9.98. The number of benzene rings is 3. The summed E-state index contributed by atoms with van der Waals surface area (Å²) in [7, 11) is 10.0. The van der Waals surface area contributed by atoms with E-state index in [1.54, 1.807) is 0 Å². The van der Waals surface area contributed by atoms with E-state index in [4.69, 9.17) is 4.74 Å². The minimum atomic E-state index is -0.359. The van der Waals surface area contributed by atoms with Gasteiger partial charge in [-0.05, 0) is 54.1 Å². The lowest BCUT2D eigenvalue weighted by molar-refractivity contribution is 0.0456. The van der Waals surface area contributed by atoms with E-state index < -0.39 is 0 Å². The summed E-state index contributed by atoms with van der Waals surface area (Å²) >= 11 is 0. The van der Waals surface area contributed by atoms with Crippen LogP contribution in [-0.2, 0) is 4.74 Å². The van der Waals surface area contributed by atoms with Gasteiger partial charge in [-0.1, -0.05) is 18.2 Å². The Kier molecular flexibility index (Phi) is 5.12. The summed E-state index contributed by atoms with van der Waals surface area (Å²) in [5.74, 6) is -0.263. The fraction of sp³-hybridized carbons (Fsp3) is 0.240. The van der Waals surface area contributed by atoms with E-state index in [9.17, 15) is 4.79 Å². The molecule has 0 amide bonds. The monoisotopic (exact) mass is 401 g/mol. The smallest absolute Gasteiger partial charge is 0.339 e. The van der Waals surface area contributed by atoms with E-state index in [1.807, 2.05) is 70.5 Å². The Balaban J connectivity index is 1.57. The molecule has 1 atom stereocenters. The number of ether oxygens (including phenoxy) is 1. The molecule has 0 saturated heterocycles. The zero-order chi connectivity index (χ0) is 21.4. The fourth-order valence-corrected chi connectivity index (χ4v) is 3.71. The zero-order valence-corrected chi connectivity index (χ0v) is 18.1. The summed E-state index contributed by atoms with van der Waals surface area (Å²) in [6.45, 7) is 0. The third-order valence-corrected chi connectivity index (χ3v) is 5.62. The average Bonchev–Trinajstić information content (AvgIpc) is 3.09. The lowest BCUT2D eigenvalue weighted by Gasteiger charge is -2.22. The number of hydrogen-bond donors (Lipinski definition) is 0. The first-order valence-corrected chi connectivity index (χ1v) is 9.98. The molecule has 1 aliphatic heterocycles. The van der Waals surface area contributed by atoms with Crippen LogP contribution in [0.1, 0.15) is 27.6 Å². The molecule has 5 nitrogen and oxygen atoms in total. The van der Waals surface area contributed by atoms with Gasteiger partial charge in [-0.25, -0.2) is 4.79 Å². The maximum Gasteiger partial charge on any atom is 0.339 e. The second-order valence-electron chi connectivity index (χ2n) is 8.01. The highest BCUT2D eigenvalue weighted by Gasteiger charge is 2.32. The number of nitrogens with zero attached hydrogens (tertiary/aromatic N) is 3. The van der Waals surface area contributed by atoms with Crippen LogP contribution in [0.4, 0.5) is 22.7 Å². The topological polar surface area (TPSA) is 36.0 Å². The second kappa shape index (κ2) is 7.75. The van der Waals surface area contributed by atoms with Crippen LogP contribution in [0, 0.1) is 0 Å². The lowest BCUT2D eigenvalue weighted by atomic mass is 9.98. The minimum absolute atomic E-state index is 0.263. The standard InChI is InChI=1S/C25H27N3O2/c1-26(2)18-10-12-20(13-11-18)28(5)19-8-6-17(7-9-19)24-22-15-14-21(27(3)4)16-23(22)25(29)30-24/h6-16,24H,1-5H3. The maximum atomic E-state index is 12.4. The van der Waals surface area contributed by atoms with Crippen molar-refractivity contribution >= 4 is 28.7 Å². The average molecular weight is 402 g/mol. The predicted octanol–water partition coefficient (Wildman–Crippen LogP) is 4.85. The summed E-state index contributed by atoms with van der Waals surface area (Å²) in [4.78, 5) is 18.6. The first kappa shape index (κ1) is 19.8. The summed E-state index contributed by atoms with van der Waals surface area (Å²) in [5, 5.41) is 0. The number of esters is 1. The van der Waals surface area contributed by atoms with Crippen LogP contribution in [0.2, 0.25) is 0 Å². The van der Waals surface area contributed by atoms with Crippen molar-refractivity contribution in [3.8, 4) is 0 Å². The second-order valence-corrected chi connectivity index (χ2v) is 8.01. The molecule has 0 N–H and O–H groups in total. The molecular weight excluding hydrogens is 374 g/mol. The van der Waals surface area contributed by atoms with Gasteiger partial charge in [-0.3, -0.25) is 0 Å². The van der Waals surface area contributed by atoms with E-state index in [0.717, 1.165) is 28.2 Å². The maximum absolute atomic E-state index is 12.4. The van der Waals surface area contributed by atoms with Crippen molar-refractivity contribution in [1.29, 1.82) is 0 Å². The molecule has 154 valence electrons. The molecule has 0 spiro atoms. The van der Waals surface area contributed by atoms with Crippen LogP contribution in [0.15, 0.2) is 66.7 Å². The third kappa shape index (κ3) is 3.59. The summed E-state index contributed by atoms with van der Waals surface area (Å²) < 4.78 is 5.70. The molecule has 30 heavy (non-hydrogen) atoms. The van der Waals surface area contributed by atoms with E-state index in [2.05, 4.69) is 46.2 Å². The molecule has 1 unspecified atom stereocenters. The third-order valence-electron chi connectivity index (χ3n) is 5.62. The van der Waals surface area contributed by atoms with E-state index >= 15 is 0 Å². The van der Waals surface area contributed by atoms with Crippen molar-refractivity contribution in [3.63, 3.8) is 0 Å². The van der Waals surface area contributed by atoms with Gasteiger partial charge in [0.25, 0.3) is 0 Å². The number of rotatable bonds is 5. The first-order chi connectivity index (χ1) is 14.3. The molecule has 3 aromatic rings. The van der Waals surface area contributed by atoms with Crippen molar-refractivity contribution in [1.82, 2.24) is 0 Å². The van der Waals surface area contributed by atoms with Gasteiger partial charge in [-0.2, -0.15) is 0 Å². The largest absolute Gasteiger partial charge is 0.449 e. The number of carbonyl (C=O) groups is 1. The number of carbonyl (C=O) groups excluding carboxylic acids is 1. The van der Waals surface area contributed by atoms with Gasteiger partial charge in [0.2, 0.25) is 0 Å². The highest BCUT2D eigenvalue weighted by molar-refractivity contribution is 5.95. The van der Waals surface area contributed by atoms with Crippen LogP contribution in [0.5, 0.6) is 0 Å². The van der Waals surface area contributed by atoms with Crippen LogP contribution in [0.25, 0.3) is 0 Å². The molecule has 3 aromatic carbocycles. The zero-order valence-electron chi connectivity index (χ0n) is 18.1. The summed E-state index contributed by atoms with van der Waals surface area (Å²) in [5.41, 5.74) is 6.88. The fourth-order valence-electron chi connectivity index (χ4n) is 3.71. The molecule has 4 rings (SSSR count). The number of hydrogen-bond acceptors (Lipinski definition) is 5. The summed E-state index contributed by atoms with van der Waals surface area (Å²) in [6.07, 6.45) is -0.359. The molecule has 0 aliphatic carbocycles. The Morgan fingerprint density at radius 1 is 0.667 bits per heavy atom. The predicted molar refractivity (Wildman–Crippen MR) is 123 cm³/mol. The molecule has 5 heteroatoms. The lowest BCUT2D eigenvalue weighted by Crippen LogP contribution is -2.11. The van der Waals surface area contributed by atoms with Crippen molar-refractivity contribution in [3.05, 3.63) is 83.4 Å². The molecule has 0 bridgehead atoms. The molecule has 0 fully saturated rings. The quantitative estimate of drug-likeness (QED) is 0.572. The molecule has 0 saturated carbocycles. The van der Waals surface area contributed by atoms with Gasteiger partial charge < -0.3 is 19.4 Å². The van der Waals surface area contributed by atoms with Crippen LogP contribution in [-0.4, -0.2) is 41.2 Å². The van der Waals surface area contributed by atoms with Crippen molar-refractivity contribution in [2.45, 2.75) is 6.10 Å². The van der Waals surface area contributed by atoms with E-state index in [0.29, 0.717) is 5.56 Å². The SMILES string of the molecule is CN(C)c1ccc(N(C)c2ccc(C3OC(=O)c4cc(N(C)C)ccc43)cc2)cc1. The van der Waals surface area contributed by atoms with Crippen LogP contribution in [0.3, 0.4) is 0 Å². The van der Waals surface area contributed by atoms with Crippen molar-refractivity contribution in [2.75, 3.05) is 49.9 Å². The van der Waals surface area contributed by atoms with Gasteiger partial charge in [0.15, 0.2) is 6.10 Å². The molecular formula is C25H27N3O2. The van der Waals surface area contributed by atoms with Gasteiger partial charge in [0.05, 0.1) is 5.56 Å². The van der Waals surface area contributed by atoms with Gasteiger partial charge in [-0.15, -0.1) is 0 Å². The summed E-state index contributed by atoms with van der Waals surface area (Å²) in [6, 6.07) is 22.6. The highest BCUT2D eigenvalue weighted by atomic mass is 16.5. The molecule has 1 heterocycles. The Morgan fingerprint density at radius 3 is 1.73 bits per heavy atom. The van der Waals surface area contributed by atoms with E-state index in [-0.39, 0.29) is 12.1 Å². The number of cyclic esters (lactones) is 1. The Hall–Kier alpha value is -3.47. The van der Waals surface area contributed by atoms with Gasteiger partial charge >= 0.3 is 5.97 Å². The van der Waals surface area contributed by atoms with Crippen LogP contribution >= 0.6 is 0 Å². The molecule has 0 radical (unpaired) electrons. The van der Waals surface area contributed by atoms with Crippen molar-refractivity contribution in [2.24, 2.45) is 0 Å². The number of anilines is 4. The molecule has 0 aromatic heterocycles. The van der Waals surface area contributed by atoms with Crippen LogP contribution < -0.4 is 14.7 Å². The van der Waals surface area contributed by atoms with Gasteiger partial charge in [0, 0.05) is 63.6 Å². The number of fused-ring (bicyclic) bond motifs is 1. The minimum Gasteiger partial charge on any atom is -0.449 e. The Labute approximate surface area is 178 Å². The Bertz CT molecular complexity index is 1060. The molecule has 1 aliphatic rings.